The molecule has 0 atom stereocenters. The second kappa shape index (κ2) is 7.16. The molecule has 5 heteroatoms. The molecule has 2 aromatic rings. The summed E-state index contributed by atoms with van der Waals surface area (Å²) < 4.78 is 11.2. The number of thiocarbonyl (C=S) groups is 1. The molecular weight excluding hydrogens is 344 g/mol. The molecule has 0 amide bonds. The molecule has 136 valence electrons. The maximum absolute atomic E-state index is 5.65. The zero-order valence-electron chi connectivity index (χ0n) is 15.0. The fourth-order valence-corrected chi connectivity index (χ4v) is 4.15. The first kappa shape index (κ1) is 17.2. The van der Waals surface area contributed by atoms with Crippen LogP contribution in [0.3, 0.4) is 0 Å². The molecule has 0 radical (unpaired) electrons. The van der Waals surface area contributed by atoms with Gasteiger partial charge in [0.1, 0.15) is 13.2 Å². The Morgan fingerprint density at radius 1 is 0.962 bits per heavy atom. The second-order valence-electron chi connectivity index (χ2n) is 7.09. The molecule has 0 spiro atoms. The number of hydrogen-bond donors (Lipinski definition) is 2. The Morgan fingerprint density at radius 2 is 1.65 bits per heavy atom. The number of ether oxygens (including phenoxy) is 2. The number of anilines is 1. The zero-order chi connectivity index (χ0) is 18.0. The van der Waals surface area contributed by atoms with E-state index in [0.29, 0.717) is 18.3 Å². The van der Waals surface area contributed by atoms with Crippen LogP contribution in [0.5, 0.6) is 11.5 Å². The number of nitrogens with one attached hydrogen (secondary N) is 2. The number of rotatable bonds is 3. The van der Waals surface area contributed by atoms with Gasteiger partial charge in [-0.05, 0) is 49.7 Å². The number of aryl methyl sites for hydroxylation is 1. The third kappa shape index (κ3) is 3.49. The Morgan fingerprint density at radius 3 is 2.38 bits per heavy atom. The van der Waals surface area contributed by atoms with Crippen LogP contribution in [-0.4, -0.2) is 18.3 Å². The van der Waals surface area contributed by atoms with Crippen LogP contribution in [0.25, 0.3) is 0 Å². The van der Waals surface area contributed by atoms with E-state index in [1.165, 1.54) is 24.0 Å². The minimum absolute atomic E-state index is 0.0778. The van der Waals surface area contributed by atoms with Crippen molar-refractivity contribution < 1.29 is 9.47 Å². The van der Waals surface area contributed by atoms with Crippen molar-refractivity contribution in [3.8, 4) is 11.5 Å². The van der Waals surface area contributed by atoms with Gasteiger partial charge in [-0.25, -0.2) is 0 Å². The van der Waals surface area contributed by atoms with Gasteiger partial charge in [0.05, 0.1) is 5.54 Å². The van der Waals surface area contributed by atoms with E-state index in [-0.39, 0.29) is 5.54 Å². The summed E-state index contributed by atoms with van der Waals surface area (Å²) in [4.78, 5) is 0. The highest BCUT2D eigenvalue weighted by Crippen LogP contribution is 2.39. The van der Waals surface area contributed by atoms with E-state index in [1.54, 1.807) is 0 Å². The van der Waals surface area contributed by atoms with Crippen molar-refractivity contribution in [2.45, 2.75) is 38.1 Å². The lowest BCUT2D eigenvalue weighted by molar-refractivity contribution is 0.171. The fourth-order valence-electron chi connectivity index (χ4n) is 3.84. The summed E-state index contributed by atoms with van der Waals surface area (Å²) in [6.45, 7) is 3.29. The van der Waals surface area contributed by atoms with Crippen LogP contribution in [-0.2, 0) is 5.54 Å². The van der Waals surface area contributed by atoms with Crippen molar-refractivity contribution in [3.05, 3.63) is 53.6 Å². The van der Waals surface area contributed by atoms with Gasteiger partial charge >= 0.3 is 0 Å². The van der Waals surface area contributed by atoms with Crippen LogP contribution in [0.2, 0.25) is 0 Å². The lowest BCUT2D eigenvalue weighted by Crippen LogP contribution is -2.45. The average Bonchev–Trinajstić information content (AvgIpc) is 3.11. The topological polar surface area (TPSA) is 42.5 Å². The van der Waals surface area contributed by atoms with Gasteiger partial charge < -0.3 is 20.1 Å². The van der Waals surface area contributed by atoms with Crippen LogP contribution in [0, 0.1) is 6.92 Å². The maximum Gasteiger partial charge on any atom is 0.171 e. The summed E-state index contributed by atoms with van der Waals surface area (Å²) in [5.41, 5.74) is 3.42. The molecule has 1 fully saturated rings. The Bertz CT molecular complexity index is 798. The summed E-state index contributed by atoms with van der Waals surface area (Å²) in [7, 11) is 0. The molecule has 26 heavy (non-hydrogen) atoms. The third-order valence-electron chi connectivity index (χ3n) is 5.21. The van der Waals surface area contributed by atoms with Crippen molar-refractivity contribution in [1.29, 1.82) is 0 Å². The predicted molar refractivity (Wildman–Crippen MR) is 108 cm³/mol. The van der Waals surface area contributed by atoms with Crippen LogP contribution in [0.15, 0.2) is 42.5 Å². The monoisotopic (exact) mass is 368 g/mol. The second-order valence-corrected chi connectivity index (χ2v) is 7.50. The summed E-state index contributed by atoms with van der Waals surface area (Å²) in [6, 6.07) is 14.6. The quantitative estimate of drug-likeness (QED) is 0.780. The Labute approximate surface area is 159 Å². The molecule has 4 nitrogen and oxygen atoms in total. The highest BCUT2D eigenvalue weighted by molar-refractivity contribution is 7.80. The van der Waals surface area contributed by atoms with Crippen molar-refractivity contribution in [3.63, 3.8) is 0 Å². The van der Waals surface area contributed by atoms with E-state index in [9.17, 15) is 0 Å². The summed E-state index contributed by atoms with van der Waals surface area (Å²) in [5, 5.41) is 7.56. The van der Waals surface area contributed by atoms with Crippen molar-refractivity contribution in [2.24, 2.45) is 0 Å². The fraction of sp³-hybridized carbons (Fsp3) is 0.381. The largest absolute Gasteiger partial charge is 0.486 e. The van der Waals surface area contributed by atoms with Crippen LogP contribution in [0.1, 0.15) is 36.8 Å². The van der Waals surface area contributed by atoms with Gasteiger partial charge in [0.2, 0.25) is 0 Å². The Balaban J connectivity index is 1.50. The molecule has 0 aromatic heterocycles. The summed E-state index contributed by atoms with van der Waals surface area (Å²) in [5.74, 6) is 1.55. The first-order valence-electron chi connectivity index (χ1n) is 9.21. The van der Waals surface area contributed by atoms with Crippen molar-refractivity contribution >= 4 is 23.0 Å². The predicted octanol–water partition coefficient (Wildman–Crippen LogP) is 4.52. The highest BCUT2D eigenvalue weighted by atomic mass is 32.1. The lowest BCUT2D eigenvalue weighted by atomic mass is 9.88. The number of fused-ring (bicyclic) bond motifs is 1. The van der Waals surface area contributed by atoms with Crippen LogP contribution >= 0.6 is 12.2 Å². The van der Waals surface area contributed by atoms with Crippen molar-refractivity contribution in [2.75, 3.05) is 18.5 Å². The molecule has 1 heterocycles. The maximum atomic E-state index is 5.65. The molecule has 2 N–H and O–H groups in total. The first-order chi connectivity index (χ1) is 12.6. The smallest absolute Gasteiger partial charge is 0.171 e. The minimum atomic E-state index is -0.0778. The molecule has 1 saturated carbocycles. The van der Waals surface area contributed by atoms with Gasteiger partial charge in [-0.3, -0.25) is 0 Å². The van der Waals surface area contributed by atoms with Gasteiger partial charge in [0.25, 0.3) is 0 Å². The van der Waals surface area contributed by atoms with Gasteiger partial charge in [-0.2, -0.15) is 0 Å². The molecule has 0 saturated heterocycles. The van der Waals surface area contributed by atoms with E-state index < -0.39 is 0 Å². The summed E-state index contributed by atoms with van der Waals surface area (Å²) >= 11 is 5.63. The van der Waals surface area contributed by atoms with E-state index in [1.807, 2.05) is 18.2 Å². The first-order valence-corrected chi connectivity index (χ1v) is 9.61. The number of benzene rings is 2. The summed E-state index contributed by atoms with van der Waals surface area (Å²) in [6.07, 6.45) is 4.62. The van der Waals surface area contributed by atoms with E-state index >= 15 is 0 Å². The molecule has 1 aliphatic heterocycles. The van der Waals surface area contributed by atoms with Gasteiger partial charge in [-0.15, -0.1) is 0 Å². The SMILES string of the molecule is Cc1ccc(C2(NC(=S)Nc3ccc4c(c3)OCCO4)CCCC2)cc1. The Kier molecular flexibility index (Phi) is 4.72. The van der Waals surface area contributed by atoms with Gasteiger partial charge in [0, 0.05) is 11.8 Å². The normalized spacial score (nSPS) is 17.6. The molecule has 0 bridgehead atoms. The van der Waals surface area contributed by atoms with Gasteiger partial charge in [-0.1, -0.05) is 42.7 Å². The average molecular weight is 369 g/mol. The highest BCUT2D eigenvalue weighted by Gasteiger charge is 2.36. The standard InChI is InChI=1S/C21H24N2O2S/c1-15-4-6-16(7-5-15)21(10-2-3-11-21)23-20(26)22-17-8-9-18-19(14-17)25-13-12-24-18/h4-9,14H,2-3,10-13H2,1H3,(H2,22,23,26). The molecular formula is C21H24N2O2S. The number of hydrogen-bond acceptors (Lipinski definition) is 3. The third-order valence-corrected chi connectivity index (χ3v) is 5.42. The van der Waals surface area contributed by atoms with Crippen LogP contribution in [0.4, 0.5) is 5.69 Å². The van der Waals surface area contributed by atoms with Gasteiger partial charge in [0.15, 0.2) is 16.6 Å². The van der Waals surface area contributed by atoms with E-state index in [0.717, 1.165) is 30.0 Å². The van der Waals surface area contributed by atoms with E-state index in [2.05, 4.69) is 41.8 Å². The van der Waals surface area contributed by atoms with Crippen molar-refractivity contribution in [1.82, 2.24) is 5.32 Å². The molecule has 1 aliphatic carbocycles. The molecule has 2 aromatic carbocycles. The lowest BCUT2D eigenvalue weighted by Gasteiger charge is -2.32. The van der Waals surface area contributed by atoms with E-state index in [4.69, 9.17) is 21.7 Å². The Hall–Kier alpha value is -2.27. The zero-order valence-corrected chi connectivity index (χ0v) is 15.8. The molecule has 0 unspecified atom stereocenters. The minimum Gasteiger partial charge on any atom is -0.486 e. The van der Waals surface area contributed by atoms with Crippen LogP contribution < -0.4 is 20.1 Å². The molecule has 2 aliphatic rings. The molecule has 4 rings (SSSR count).